The minimum Gasteiger partial charge on any atom is -0.396 e. The highest BCUT2D eigenvalue weighted by molar-refractivity contribution is 6.04. The van der Waals surface area contributed by atoms with Crippen molar-refractivity contribution in [2.75, 3.05) is 32.4 Å². The van der Waals surface area contributed by atoms with E-state index in [0.717, 1.165) is 31.4 Å². The molecule has 2 aromatic heterocycles. The molecule has 1 amide bonds. The lowest BCUT2D eigenvalue weighted by Crippen LogP contribution is -2.28. The molecule has 0 unspecified atom stereocenters. The molecule has 166 valence electrons. The number of aromatic amines is 2. The zero-order valence-electron chi connectivity index (χ0n) is 18.4. The van der Waals surface area contributed by atoms with E-state index < -0.39 is 0 Å². The highest BCUT2D eigenvalue weighted by atomic mass is 16.1. The van der Waals surface area contributed by atoms with E-state index >= 15 is 0 Å². The van der Waals surface area contributed by atoms with E-state index in [1.165, 1.54) is 0 Å². The van der Waals surface area contributed by atoms with Gasteiger partial charge in [-0.1, -0.05) is 19.1 Å². The van der Waals surface area contributed by atoms with Crippen LogP contribution in [-0.2, 0) is 0 Å². The number of nitrogens with one attached hydrogen (secondary N) is 3. The fraction of sp³-hybridized carbons (Fsp3) is 0.292. The van der Waals surface area contributed by atoms with Gasteiger partial charge in [0.25, 0.3) is 11.5 Å². The summed E-state index contributed by atoms with van der Waals surface area (Å²) in [4.78, 5) is 38.0. The van der Waals surface area contributed by atoms with Gasteiger partial charge in [-0.2, -0.15) is 0 Å². The number of benzene rings is 2. The number of fused-ring (bicyclic) bond motifs is 2. The number of hydrogen-bond donors (Lipinski definition) is 4. The van der Waals surface area contributed by atoms with Gasteiger partial charge in [0.15, 0.2) is 5.69 Å². The van der Waals surface area contributed by atoms with Gasteiger partial charge in [0.1, 0.15) is 0 Å². The predicted octanol–water partition coefficient (Wildman–Crippen LogP) is 3.12. The molecule has 2 heterocycles. The normalized spacial score (nSPS) is 11.5. The molecule has 8 nitrogen and oxygen atoms in total. The molecule has 0 fully saturated rings. The number of hydrogen-bond acceptors (Lipinski definition) is 5. The van der Waals surface area contributed by atoms with Gasteiger partial charge in [-0.25, -0.2) is 4.98 Å². The van der Waals surface area contributed by atoms with Crippen LogP contribution in [0.3, 0.4) is 0 Å². The number of nitrogen functional groups attached to an aromatic ring is 1. The minimum atomic E-state index is -0.326. The van der Waals surface area contributed by atoms with E-state index in [4.69, 9.17) is 5.73 Å². The van der Waals surface area contributed by atoms with E-state index in [0.29, 0.717) is 39.9 Å². The van der Waals surface area contributed by atoms with Crippen LogP contribution >= 0.6 is 0 Å². The molecule has 0 saturated carbocycles. The zero-order valence-corrected chi connectivity index (χ0v) is 18.4. The Hall–Kier alpha value is -3.65. The first kappa shape index (κ1) is 21.6. The third-order valence-electron chi connectivity index (χ3n) is 5.54. The third kappa shape index (κ3) is 4.36. The van der Waals surface area contributed by atoms with Crippen LogP contribution in [0.15, 0.2) is 47.3 Å². The zero-order chi connectivity index (χ0) is 22.7. The van der Waals surface area contributed by atoms with E-state index in [-0.39, 0.29) is 17.2 Å². The highest BCUT2D eigenvalue weighted by Gasteiger charge is 2.17. The van der Waals surface area contributed by atoms with Gasteiger partial charge in [-0.05, 0) is 63.3 Å². The Labute approximate surface area is 185 Å². The number of amides is 1. The van der Waals surface area contributed by atoms with Crippen LogP contribution in [0.5, 0.6) is 0 Å². The number of nitrogens with two attached hydrogens (primary N) is 1. The summed E-state index contributed by atoms with van der Waals surface area (Å²) in [5.41, 5.74) is 9.71. The van der Waals surface area contributed by atoms with Gasteiger partial charge < -0.3 is 25.9 Å². The number of nitrogens with zero attached hydrogens (tertiary/aromatic N) is 2. The second-order valence-corrected chi connectivity index (χ2v) is 8.02. The number of rotatable bonds is 8. The fourth-order valence-corrected chi connectivity index (χ4v) is 3.89. The second kappa shape index (κ2) is 9.23. The summed E-state index contributed by atoms with van der Waals surface area (Å²) in [7, 11) is 2.08. The van der Waals surface area contributed by atoms with Crippen LogP contribution in [0.1, 0.15) is 30.1 Å². The van der Waals surface area contributed by atoms with Crippen LogP contribution < -0.4 is 16.6 Å². The summed E-state index contributed by atoms with van der Waals surface area (Å²) in [5.74, 6) is -0.145. The maximum absolute atomic E-state index is 12.6. The maximum atomic E-state index is 12.6. The standard InChI is InChI=1S/C24H28N6O2/c1-3-12-30(2)13-6-11-26-23(31)15-9-10-17-16(14-15)20(25)21(27-17)22-24(32)29-19-8-5-4-7-18(19)28-22/h4-5,7-10,14,27H,3,6,11-13,25H2,1-2H3,(H,26,31)(H,29,32). The molecule has 5 N–H and O–H groups in total. The molecule has 4 rings (SSSR count). The molecule has 0 atom stereocenters. The molecular weight excluding hydrogens is 404 g/mol. The molecule has 0 aliphatic carbocycles. The van der Waals surface area contributed by atoms with Crippen LogP contribution in [-0.4, -0.2) is 52.4 Å². The van der Waals surface area contributed by atoms with Gasteiger partial charge >= 0.3 is 0 Å². The molecule has 0 saturated heterocycles. The number of carbonyl (C=O) groups is 1. The first-order chi connectivity index (χ1) is 15.5. The number of H-pyrrole nitrogens is 2. The van der Waals surface area contributed by atoms with Crippen molar-refractivity contribution >= 4 is 33.5 Å². The largest absolute Gasteiger partial charge is 0.396 e. The summed E-state index contributed by atoms with van der Waals surface area (Å²) in [6.07, 6.45) is 2.00. The number of para-hydroxylation sites is 2. The summed E-state index contributed by atoms with van der Waals surface area (Å²) in [6.45, 7) is 4.75. The van der Waals surface area contributed by atoms with Crippen molar-refractivity contribution in [1.82, 2.24) is 25.2 Å². The number of carbonyl (C=O) groups excluding carboxylic acids is 1. The molecule has 32 heavy (non-hydrogen) atoms. The quantitative estimate of drug-likeness (QED) is 0.319. The topological polar surface area (TPSA) is 120 Å². The van der Waals surface area contributed by atoms with Crippen molar-refractivity contribution in [3.05, 3.63) is 58.4 Å². The Morgan fingerprint density at radius 1 is 1.12 bits per heavy atom. The highest BCUT2D eigenvalue weighted by Crippen LogP contribution is 2.31. The average Bonchev–Trinajstić information content (AvgIpc) is 3.12. The molecule has 0 spiro atoms. The first-order valence-corrected chi connectivity index (χ1v) is 10.8. The van der Waals surface area contributed by atoms with Gasteiger partial charge in [-0.3, -0.25) is 9.59 Å². The third-order valence-corrected chi connectivity index (χ3v) is 5.54. The van der Waals surface area contributed by atoms with E-state index in [9.17, 15) is 9.59 Å². The van der Waals surface area contributed by atoms with Crippen molar-refractivity contribution in [2.24, 2.45) is 0 Å². The second-order valence-electron chi connectivity index (χ2n) is 8.02. The number of aromatic nitrogens is 3. The monoisotopic (exact) mass is 432 g/mol. The molecule has 0 aliphatic heterocycles. The van der Waals surface area contributed by atoms with Crippen LogP contribution in [0.2, 0.25) is 0 Å². The Kier molecular flexibility index (Phi) is 6.23. The van der Waals surface area contributed by atoms with Crippen molar-refractivity contribution in [3.63, 3.8) is 0 Å². The van der Waals surface area contributed by atoms with Gasteiger partial charge in [-0.15, -0.1) is 0 Å². The molecule has 0 radical (unpaired) electrons. The van der Waals surface area contributed by atoms with Gasteiger partial charge in [0.05, 0.1) is 22.4 Å². The SMILES string of the molecule is CCCN(C)CCCNC(=O)c1ccc2[nH]c(-c3nc4ccccc4[nH]c3=O)c(N)c2c1. The van der Waals surface area contributed by atoms with Gasteiger partial charge in [0, 0.05) is 23.0 Å². The Balaban J connectivity index is 1.56. The predicted molar refractivity (Wildman–Crippen MR) is 129 cm³/mol. The Bertz CT molecular complexity index is 1320. The first-order valence-electron chi connectivity index (χ1n) is 10.8. The molecule has 4 aromatic rings. The van der Waals surface area contributed by atoms with Crippen LogP contribution in [0.25, 0.3) is 33.3 Å². The molecular formula is C24H28N6O2. The Morgan fingerprint density at radius 2 is 1.94 bits per heavy atom. The summed E-state index contributed by atoms with van der Waals surface area (Å²) < 4.78 is 0. The summed E-state index contributed by atoms with van der Waals surface area (Å²) in [6, 6.07) is 12.6. The smallest absolute Gasteiger partial charge is 0.276 e. The van der Waals surface area contributed by atoms with E-state index in [1.54, 1.807) is 24.3 Å². The van der Waals surface area contributed by atoms with E-state index in [2.05, 4.69) is 39.1 Å². The fourth-order valence-electron chi connectivity index (χ4n) is 3.89. The molecule has 2 aromatic carbocycles. The lowest BCUT2D eigenvalue weighted by Gasteiger charge is -2.15. The molecule has 8 heteroatoms. The lowest BCUT2D eigenvalue weighted by atomic mass is 10.1. The maximum Gasteiger partial charge on any atom is 0.276 e. The lowest BCUT2D eigenvalue weighted by molar-refractivity contribution is 0.0952. The van der Waals surface area contributed by atoms with Crippen LogP contribution in [0, 0.1) is 0 Å². The molecule has 0 aliphatic rings. The van der Waals surface area contributed by atoms with E-state index in [1.807, 2.05) is 18.2 Å². The summed E-state index contributed by atoms with van der Waals surface area (Å²) >= 11 is 0. The van der Waals surface area contributed by atoms with Crippen molar-refractivity contribution in [2.45, 2.75) is 19.8 Å². The number of anilines is 1. The van der Waals surface area contributed by atoms with Gasteiger partial charge in [0.2, 0.25) is 0 Å². The Morgan fingerprint density at radius 3 is 2.75 bits per heavy atom. The minimum absolute atomic E-state index is 0.145. The van der Waals surface area contributed by atoms with Crippen molar-refractivity contribution < 1.29 is 4.79 Å². The average molecular weight is 433 g/mol. The molecule has 0 bridgehead atoms. The van der Waals surface area contributed by atoms with Crippen molar-refractivity contribution in [3.8, 4) is 11.4 Å². The van der Waals surface area contributed by atoms with Crippen molar-refractivity contribution in [1.29, 1.82) is 0 Å². The summed E-state index contributed by atoms with van der Waals surface area (Å²) in [5, 5.41) is 3.65. The van der Waals surface area contributed by atoms with Crippen LogP contribution in [0.4, 0.5) is 5.69 Å².